The Morgan fingerprint density at radius 3 is 2.26 bits per heavy atom. The number of para-hydroxylation sites is 1. The molecule has 2 aliphatic rings. The van der Waals surface area contributed by atoms with Crippen molar-refractivity contribution in [2.24, 2.45) is 5.41 Å². The summed E-state index contributed by atoms with van der Waals surface area (Å²) < 4.78 is 22.1. The summed E-state index contributed by atoms with van der Waals surface area (Å²) >= 11 is 0. The first-order chi connectivity index (χ1) is 16.2. The van der Waals surface area contributed by atoms with E-state index >= 15 is 0 Å². The molecule has 0 fully saturated rings. The molecule has 0 N–H and O–H groups in total. The molecule has 7 nitrogen and oxygen atoms in total. The van der Waals surface area contributed by atoms with Crippen LogP contribution < -0.4 is 23.8 Å². The fourth-order valence-corrected chi connectivity index (χ4v) is 5.12. The van der Waals surface area contributed by atoms with Crippen molar-refractivity contribution < 1.29 is 28.5 Å². The Kier molecular flexibility index (Phi) is 6.30. The molecule has 0 spiro atoms. The smallest absolute Gasteiger partial charge is 0.232 e. The van der Waals surface area contributed by atoms with E-state index in [1.165, 1.54) is 0 Å². The zero-order chi connectivity index (χ0) is 24.6. The van der Waals surface area contributed by atoms with Gasteiger partial charge < -0.3 is 18.9 Å². The summed E-state index contributed by atoms with van der Waals surface area (Å²) in [6.45, 7) is 4.11. The fourth-order valence-electron chi connectivity index (χ4n) is 5.12. The lowest BCUT2D eigenvalue weighted by molar-refractivity contribution is -0.121. The number of rotatable bonds is 6. The van der Waals surface area contributed by atoms with Crippen molar-refractivity contribution in [3.8, 4) is 23.0 Å². The molecule has 1 unspecified atom stereocenters. The van der Waals surface area contributed by atoms with E-state index < -0.39 is 5.92 Å². The lowest BCUT2D eigenvalue weighted by atomic mass is 9.69. The topological polar surface area (TPSA) is 74.3 Å². The van der Waals surface area contributed by atoms with Crippen LogP contribution in [0.4, 0.5) is 5.69 Å². The van der Waals surface area contributed by atoms with Crippen LogP contribution in [0.3, 0.4) is 0 Å². The van der Waals surface area contributed by atoms with Crippen molar-refractivity contribution in [1.82, 2.24) is 0 Å². The number of carbonyl (C=O) groups is 2. The summed E-state index contributed by atoms with van der Waals surface area (Å²) in [6.07, 6.45) is 1.12. The largest absolute Gasteiger partial charge is 0.497 e. The maximum Gasteiger partial charge on any atom is 0.232 e. The number of amides is 1. The van der Waals surface area contributed by atoms with E-state index in [9.17, 15) is 9.59 Å². The van der Waals surface area contributed by atoms with Crippen molar-refractivity contribution in [3.63, 3.8) is 0 Å². The van der Waals surface area contributed by atoms with Gasteiger partial charge in [-0.15, -0.1) is 0 Å². The summed E-state index contributed by atoms with van der Waals surface area (Å²) in [7, 11) is 6.28. The molecule has 1 amide bonds. The molecule has 7 heteroatoms. The van der Waals surface area contributed by atoms with Crippen LogP contribution in [0.5, 0.6) is 23.0 Å². The van der Waals surface area contributed by atoms with Crippen molar-refractivity contribution in [3.05, 3.63) is 53.2 Å². The number of anilines is 1. The third-order valence-corrected chi connectivity index (χ3v) is 6.58. The first-order valence-electron chi connectivity index (χ1n) is 11.3. The van der Waals surface area contributed by atoms with E-state index in [0.717, 1.165) is 11.3 Å². The van der Waals surface area contributed by atoms with Crippen molar-refractivity contribution in [1.29, 1.82) is 0 Å². The molecule has 0 radical (unpaired) electrons. The summed E-state index contributed by atoms with van der Waals surface area (Å²) in [4.78, 5) is 29.0. The van der Waals surface area contributed by atoms with Crippen LogP contribution in [0.15, 0.2) is 47.7 Å². The minimum absolute atomic E-state index is 0.0473. The summed E-state index contributed by atoms with van der Waals surface area (Å²) in [5.41, 5.74) is 2.47. The molecule has 1 heterocycles. The summed E-state index contributed by atoms with van der Waals surface area (Å²) in [5, 5.41) is 0. The molecule has 34 heavy (non-hydrogen) atoms. The van der Waals surface area contributed by atoms with Gasteiger partial charge in [-0.1, -0.05) is 26.0 Å². The van der Waals surface area contributed by atoms with E-state index in [-0.39, 0.29) is 23.5 Å². The highest BCUT2D eigenvalue weighted by Gasteiger charge is 2.45. The third-order valence-electron chi connectivity index (χ3n) is 6.58. The zero-order valence-electron chi connectivity index (χ0n) is 20.6. The van der Waals surface area contributed by atoms with Gasteiger partial charge in [0.2, 0.25) is 5.91 Å². The number of ketones is 1. The van der Waals surface area contributed by atoms with Gasteiger partial charge in [0.15, 0.2) is 17.3 Å². The summed E-state index contributed by atoms with van der Waals surface area (Å²) in [5.74, 6) is 1.76. The highest BCUT2D eigenvalue weighted by molar-refractivity contribution is 6.08. The average molecular weight is 466 g/mol. The minimum Gasteiger partial charge on any atom is -0.497 e. The number of carbonyl (C=O) groups excluding carboxylic acids is 2. The monoisotopic (exact) mass is 465 g/mol. The normalized spacial score (nSPS) is 19.6. The molecule has 0 aromatic heterocycles. The summed E-state index contributed by atoms with van der Waals surface area (Å²) in [6, 6.07) is 10.9. The number of allylic oxidation sites excluding steroid dienone is 2. The van der Waals surface area contributed by atoms with E-state index in [2.05, 4.69) is 13.8 Å². The molecule has 1 aliphatic heterocycles. The second-order valence-corrected chi connectivity index (χ2v) is 9.41. The Morgan fingerprint density at radius 2 is 1.62 bits per heavy atom. The van der Waals surface area contributed by atoms with Crippen LogP contribution in [-0.4, -0.2) is 40.1 Å². The van der Waals surface area contributed by atoms with E-state index in [1.807, 2.05) is 18.2 Å². The van der Waals surface area contributed by atoms with Crippen molar-refractivity contribution in [2.45, 2.75) is 39.0 Å². The van der Waals surface area contributed by atoms with E-state index in [0.29, 0.717) is 47.1 Å². The third kappa shape index (κ3) is 4.00. The van der Waals surface area contributed by atoms with Crippen LogP contribution in [0.1, 0.15) is 44.6 Å². The number of nitrogens with zero attached hydrogens (tertiary/aromatic N) is 1. The first kappa shape index (κ1) is 23.7. The lowest BCUT2D eigenvalue weighted by Gasteiger charge is -2.43. The Morgan fingerprint density at radius 1 is 0.882 bits per heavy atom. The Hall–Kier alpha value is -3.48. The van der Waals surface area contributed by atoms with Gasteiger partial charge in [0.05, 0.1) is 34.1 Å². The number of hydrogen-bond acceptors (Lipinski definition) is 6. The fraction of sp³-hybridized carbons (Fsp3) is 0.407. The molecule has 1 aliphatic carbocycles. The van der Waals surface area contributed by atoms with Crippen LogP contribution in [0.25, 0.3) is 0 Å². The molecule has 0 saturated carbocycles. The lowest BCUT2D eigenvalue weighted by Crippen LogP contribution is -2.44. The maximum atomic E-state index is 13.7. The molecular formula is C27H31NO6. The van der Waals surface area contributed by atoms with E-state index in [1.54, 1.807) is 51.5 Å². The molecule has 180 valence electrons. The quantitative estimate of drug-likeness (QED) is 0.605. The Balaban J connectivity index is 1.95. The van der Waals surface area contributed by atoms with Crippen molar-refractivity contribution >= 4 is 17.4 Å². The first-order valence-corrected chi connectivity index (χ1v) is 11.3. The van der Waals surface area contributed by atoms with Gasteiger partial charge in [-0.2, -0.15) is 0 Å². The van der Waals surface area contributed by atoms with Gasteiger partial charge in [-0.3, -0.25) is 14.5 Å². The van der Waals surface area contributed by atoms with Gasteiger partial charge in [0.25, 0.3) is 0 Å². The molecule has 2 aromatic rings. The second-order valence-electron chi connectivity index (χ2n) is 9.41. The Labute approximate surface area is 200 Å². The van der Waals surface area contributed by atoms with Gasteiger partial charge in [0, 0.05) is 41.7 Å². The van der Waals surface area contributed by atoms with Gasteiger partial charge >= 0.3 is 0 Å². The van der Waals surface area contributed by atoms with Crippen LogP contribution >= 0.6 is 0 Å². The molecule has 2 aromatic carbocycles. The minimum atomic E-state index is -0.420. The maximum absolute atomic E-state index is 13.7. The van der Waals surface area contributed by atoms with Gasteiger partial charge in [-0.05, 0) is 30.0 Å². The Bertz CT molecular complexity index is 1170. The number of methoxy groups -OCH3 is 4. The van der Waals surface area contributed by atoms with Gasteiger partial charge in [0.1, 0.15) is 11.5 Å². The molecule has 0 bridgehead atoms. The zero-order valence-corrected chi connectivity index (χ0v) is 20.6. The predicted octanol–water partition coefficient (Wildman–Crippen LogP) is 4.88. The molecule has 0 saturated heterocycles. The van der Waals surface area contributed by atoms with Crippen LogP contribution in [0, 0.1) is 5.41 Å². The van der Waals surface area contributed by atoms with Crippen LogP contribution in [-0.2, 0) is 9.59 Å². The van der Waals surface area contributed by atoms with Crippen molar-refractivity contribution in [2.75, 3.05) is 33.3 Å². The number of hydrogen-bond donors (Lipinski definition) is 0. The molecule has 4 rings (SSSR count). The molecular weight excluding hydrogens is 434 g/mol. The van der Waals surface area contributed by atoms with Gasteiger partial charge in [-0.25, -0.2) is 0 Å². The standard InChI is InChI=1S/C27H31NO6/c1-27(2)14-20-25(21(29)15-27)18(17-8-7-9-22(32-4)26(17)34-6)13-24(30)28(20)19-11-10-16(31-3)12-23(19)33-5/h7-12,18H,13-15H2,1-6H3. The number of ether oxygens (including phenoxy) is 4. The number of benzene rings is 2. The SMILES string of the molecule is COc1ccc(N2C(=O)CC(c3cccc(OC)c3OC)C3=C2CC(C)(C)CC3=O)c(OC)c1. The van der Waals surface area contributed by atoms with E-state index in [4.69, 9.17) is 18.9 Å². The molecule has 1 atom stereocenters. The number of Topliss-reactive ketones (excluding diaryl/α,β-unsaturated/α-hetero) is 1. The second kappa shape index (κ2) is 9.05. The average Bonchev–Trinajstić information content (AvgIpc) is 2.81. The van der Waals surface area contributed by atoms with Crippen LogP contribution in [0.2, 0.25) is 0 Å². The predicted molar refractivity (Wildman–Crippen MR) is 129 cm³/mol. The highest BCUT2D eigenvalue weighted by Crippen LogP contribution is 2.51. The highest BCUT2D eigenvalue weighted by atomic mass is 16.5.